The van der Waals surface area contributed by atoms with Crippen LogP contribution in [-0.4, -0.2) is 22.4 Å². The van der Waals surface area contributed by atoms with Gasteiger partial charge in [-0.1, -0.05) is 42.9 Å². The van der Waals surface area contributed by atoms with Gasteiger partial charge in [0.15, 0.2) is 0 Å². The number of anilines is 1. The second-order valence-electron chi connectivity index (χ2n) is 6.75. The first-order chi connectivity index (χ1) is 11.7. The zero-order valence-electron chi connectivity index (χ0n) is 13.5. The van der Waals surface area contributed by atoms with Gasteiger partial charge in [0.2, 0.25) is 11.9 Å². The van der Waals surface area contributed by atoms with Crippen LogP contribution in [0.25, 0.3) is 0 Å². The van der Waals surface area contributed by atoms with Gasteiger partial charge in [-0.3, -0.25) is 9.69 Å². The molecule has 0 atom stereocenters. The largest absolute Gasteiger partial charge is 0.280 e. The number of amides is 1. The number of carbonyl (C=O) groups excluding carboxylic acids is 1. The lowest BCUT2D eigenvalue weighted by Gasteiger charge is -2.21. The van der Waals surface area contributed by atoms with Gasteiger partial charge in [-0.05, 0) is 30.4 Å². The molecular weight excluding hydrogens is 298 g/mol. The zero-order valence-corrected chi connectivity index (χ0v) is 13.5. The smallest absolute Gasteiger partial charge is 0.232 e. The number of nitrogens with zero attached hydrogens (tertiary/aromatic N) is 3. The van der Waals surface area contributed by atoms with Gasteiger partial charge >= 0.3 is 0 Å². The summed E-state index contributed by atoms with van der Waals surface area (Å²) in [7, 11) is 0. The van der Waals surface area contributed by atoms with Crippen LogP contribution in [0.4, 0.5) is 5.95 Å². The van der Waals surface area contributed by atoms with E-state index >= 15 is 0 Å². The molecule has 2 fully saturated rings. The highest BCUT2D eigenvalue weighted by Crippen LogP contribution is 2.46. The van der Waals surface area contributed by atoms with Crippen molar-refractivity contribution in [3.8, 4) is 11.8 Å². The van der Waals surface area contributed by atoms with Crippen LogP contribution in [-0.2, 0) is 4.79 Å². The molecule has 0 N–H and O–H groups in total. The second-order valence-corrected chi connectivity index (χ2v) is 6.75. The van der Waals surface area contributed by atoms with Crippen LogP contribution in [0.15, 0.2) is 42.7 Å². The highest BCUT2D eigenvalue weighted by molar-refractivity contribution is 5.94. The Morgan fingerprint density at radius 1 is 0.958 bits per heavy atom. The Morgan fingerprint density at radius 3 is 2.33 bits per heavy atom. The SMILES string of the molecule is O=C1CC2(CCCC2)CN1c1ncc(C#Cc2ccccc2)cn1. The van der Waals surface area contributed by atoms with Crippen LogP contribution >= 0.6 is 0 Å². The number of hydrogen-bond acceptors (Lipinski definition) is 3. The maximum Gasteiger partial charge on any atom is 0.232 e. The summed E-state index contributed by atoms with van der Waals surface area (Å²) in [4.78, 5) is 22.8. The van der Waals surface area contributed by atoms with Crippen molar-refractivity contribution in [2.75, 3.05) is 11.4 Å². The summed E-state index contributed by atoms with van der Waals surface area (Å²) in [6, 6.07) is 9.81. The molecule has 2 aliphatic rings. The van der Waals surface area contributed by atoms with Crippen molar-refractivity contribution in [1.82, 2.24) is 9.97 Å². The maximum absolute atomic E-state index is 12.3. The van der Waals surface area contributed by atoms with Crippen molar-refractivity contribution in [3.63, 3.8) is 0 Å². The highest BCUT2D eigenvalue weighted by atomic mass is 16.2. The maximum atomic E-state index is 12.3. The fourth-order valence-electron chi connectivity index (χ4n) is 3.73. The van der Waals surface area contributed by atoms with E-state index < -0.39 is 0 Å². The van der Waals surface area contributed by atoms with Gasteiger partial charge in [-0.15, -0.1) is 0 Å². The standard InChI is InChI=1S/C20H19N3O/c24-18-12-20(10-4-5-11-20)15-23(18)19-21-13-17(14-22-19)9-8-16-6-2-1-3-7-16/h1-3,6-7,13-14H,4-5,10-12,15H2. The second kappa shape index (κ2) is 6.09. The summed E-state index contributed by atoms with van der Waals surface area (Å²) in [6.45, 7) is 0.765. The third kappa shape index (κ3) is 2.90. The molecule has 24 heavy (non-hydrogen) atoms. The number of rotatable bonds is 1. The summed E-state index contributed by atoms with van der Waals surface area (Å²) in [6.07, 6.45) is 8.81. The minimum atomic E-state index is 0.153. The Kier molecular flexibility index (Phi) is 3.78. The van der Waals surface area contributed by atoms with Crippen molar-refractivity contribution in [2.24, 2.45) is 5.41 Å². The summed E-state index contributed by atoms with van der Waals surface area (Å²) < 4.78 is 0. The van der Waals surface area contributed by atoms with Crippen molar-refractivity contribution < 1.29 is 4.79 Å². The van der Waals surface area contributed by atoms with Gasteiger partial charge in [0.25, 0.3) is 0 Å². The first kappa shape index (κ1) is 14.9. The Labute approximate surface area is 141 Å². The van der Waals surface area contributed by atoms with E-state index in [-0.39, 0.29) is 11.3 Å². The average Bonchev–Trinajstić information content (AvgIpc) is 3.21. The summed E-state index contributed by atoms with van der Waals surface area (Å²) in [5.41, 5.74) is 1.89. The molecule has 4 heteroatoms. The molecule has 1 saturated heterocycles. The van der Waals surface area contributed by atoms with Gasteiger partial charge in [-0.25, -0.2) is 9.97 Å². The lowest BCUT2D eigenvalue weighted by molar-refractivity contribution is -0.117. The van der Waals surface area contributed by atoms with Crippen LogP contribution in [0.5, 0.6) is 0 Å². The first-order valence-corrected chi connectivity index (χ1v) is 8.44. The Hall–Kier alpha value is -2.67. The van der Waals surface area contributed by atoms with Crippen molar-refractivity contribution in [1.29, 1.82) is 0 Å². The molecule has 4 nitrogen and oxygen atoms in total. The van der Waals surface area contributed by atoms with Gasteiger partial charge in [0, 0.05) is 30.9 Å². The van der Waals surface area contributed by atoms with Crippen molar-refractivity contribution in [2.45, 2.75) is 32.1 Å². The molecule has 1 spiro atoms. The predicted molar refractivity (Wildman–Crippen MR) is 92.3 cm³/mol. The molecule has 0 bridgehead atoms. The van der Waals surface area contributed by atoms with E-state index in [1.807, 2.05) is 30.3 Å². The third-order valence-corrected chi connectivity index (χ3v) is 4.99. The molecule has 1 saturated carbocycles. The zero-order chi connectivity index (χ0) is 16.4. The summed E-state index contributed by atoms with van der Waals surface area (Å²) >= 11 is 0. The van der Waals surface area contributed by atoms with Crippen LogP contribution in [0.2, 0.25) is 0 Å². The van der Waals surface area contributed by atoms with E-state index in [1.165, 1.54) is 12.8 Å². The first-order valence-electron chi connectivity index (χ1n) is 8.44. The quantitative estimate of drug-likeness (QED) is 0.759. The van der Waals surface area contributed by atoms with Crippen LogP contribution in [0.3, 0.4) is 0 Å². The summed E-state index contributed by atoms with van der Waals surface area (Å²) in [5, 5.41) is 0. The summed E-state index contributed by atoms with van der Waals surface area (Å²) in [5.74, 6) is 6.81. The average molecular weight is 317 g/mol. The van der Waals surface area contributed by atoms with E-state index in [2.05, 4.69) is 21.8 Å². The van der Waals surface area contributed by atoms with Crippen molar-refractivity contribution in [3.05, 3.63) is 53.9 Å². The number of hydrogen-bond donors (Lipinski definition) is 0. The fraction of sp³-hybridized carbons (Fsp3) is 0.350. The Balaban J connectivity index is 1.50. The minimum Gasteiger partial charge on any atom is -0.280 e. The lowest BCUT2D eigenvalue weighted by Crippen LogP contribution is -2.28. The van der Waals surface area contributed by atoms with Crippen LogP contribution in [0.1, 0.15) is 43.2 Å². The molecule has 120 valence electrons. The van der Waals surface area contributed by atoms with Gasteiger partial charge in [0.1, 0.15) is 0 Å². The van der Waals surface area contributed by atoms with E-state index in [0.717, 1.165) is 30.5 Å². The van der Waals surface area contributed by atoms with E-state index in [4.69, 9.17) is 0 Å². The molecule has 2 aromatic rings. The molecule has 4 rings (SSSR count). The molecule has 1 aromatic carbocycles. The van der Waals surface area contributed by atoms with E-state index in [1.54, 1.807) is 17.3 Å². The Morgan fingerprint density at radius 2 is 1.62 bits per heavy atom. The minimum absolute atomic E-state index is 0.153. The monoisotopic (exact) mass is 317 g/mol. The van der Waals surface area contributed by atoms with Gasteiger partial charge in [0.05, 0.1) is 5.56 Å². The lowest BCUT2D eigenvalue weighted by atomic mass is 9.85. The number of benzene rings is 1. The number of aromatic nitrogens is 2. The molecule has 0 unspecified atom stereocenters. The van der Waals surface area contributed by atoms with Crippen LogP contribution in [0, 0.1) is 17.3 Å². The molecule has 0 radical (unpaired) electrons. The highest BCUT2D eigenvalue weighted by Gasteiger charge is 2.45. The van der Waals surface area contributed by atoms with Gasteiger partial charge in [-0.2, -0.15) is 0 Å². The van der Waals surface area contributed by atoms with Gasteiger partial charge < -0.3 is 0 Å². The van der Waals surface area contributed by atoms with E-state index in [9.17, 15) is 4.79 Å². The third-order valence-electron chi connectivity index (χ3n) is 4.99. The molecule has 1 aliphatic carbocycles. The number of carbonyl (C=O) groups is 1. The molecule has 2 heterocycles. The fourth-order valence-corrected chi connectivity index (χ4v) is 3.73. The van der Waals surface area contributed by atoms with Crippen molar-refractivity contribution >= 4 is 11.9 Å². The Bertz CT molecular complexity index is 796. The molecule has 1 amide bonds. The normalized spacial score (nSPS) is 18.7. The predicted octanol–water partition coefficient (Wildman–Crippen LogP) is 3.17. The van der Waals surface area contributed by atoms with E-state index in [0.29, 0.717) is 12.4 Å². The topological polar surface area (TPSA) is 46.1 Å². The van der Waals surface area contributed by atoms with Crippen LogP contribution < -0.4 is 4.90 Å². The molecule has 1 aliphatic heterocycles. The molecule has 1 aromatic heterocycles. The molecular formula is C20H19N3O.